The van der Waals surface area contributed by atoms with E-state index in [0.29, 0.717) is 25.4 Å². The van der Waals surface area contributed by atoms with Gasteiger partial charge in [-0.2, -0.15) is 0 Å². The van der Waals surface area contributed by atoms with Crippen LogP contribution in [0.4, 0.5) is 0 Å². The summed E-state index contributed by atoms with van der Waals surface area (Å²) in [6.07, 6.45) is 5.03. The van der Waals surface area contributed by atoms with Crippen molar-refractivity contribution >= 4 is 5.91 Å². The Balaban J connectivity index is 2.48. The van der Waals surface area contributed by atoms with E-state index >= 15 is 0 Å². The first-order chi connectivity index (χ1) is 9.02. The van der Waals surface area contributed by atoms with Crippen molar-refractivity contribution in [1.29, 1.82) is 0 Å². The molecule has 2 N–H and O–H groups in total. The predicted molar refractivity (Wildman–Crippen MR) is 77.3 cm³/mol. The number of pyridine rings is 1. The van der Waals surface area contributed by atoms with Gasteiger partial charge in [-0.3, -0.25) is 9.78 Å². The van der Waals surface area contributed by atoms with E-state index < -0.39 is 0 Å². The lowest BCUT2D eigenvalue weighted by atomic mass is 9.94. The van der Waals surface area contributed by atoms with Crippen LogP contribution >= 0.6 is 0 Å². The molecule has 0 radical (unpaired) electrons. The van der Waals surface area contributed by atoms with Gasteiger partial charge >= 0.3 is 0 Å². The Labute approximate surface area is 116 Å². The number of amides is 1. The first-order valence-electron chi connectivity index (χ1n) is 6.85. The number of nitrogens with two attached hydrogens (primary N) is 1. The number of hydrogen-bond acceptors (Lipinski definition) is 3. The lowest BCUT2D eigenvalue weighted by molar-refractivity contribution is -0.131. The maximum absolute atomic E-state index is 12.2. The molecule has 4 nitrogen and oxygen atoms in total. The van der Waals surface area contributed by atoms with Gasteiger partial charge in [0.15, 0.2) is 0 Å². The van der Waals surface area contributed by atoms with Gasteiger partial charge in [-0.05, 0) is 42.5 Å². The molecule has 1 aromatic rings. The molecule has 1 aromatic heterocycles. The molecule has 4 heteroatoms. The fraction of sp³-hybridized carbons (Fsp3) is 0.600. The van der Waals surface area contributed by atoms with E-state index in [1.807, 2.05) is 19.2 Å². The second kappa shape index (κ2) is 7.89. The topological polar surface area (TPSA) is 59.2 Å². The number of hydrogen-bond donors (Lipinski definition) is 1. The zero-order chi connectivity index (χ0) is 14.3. The fourth-order valence-corrected chi connectivity index (χ4v) is 2.18. The highest BCUT2D eigenvalue weighted by atomic mass is 16.2. The summed E-state index contributed by atoms with van der Waals surface area (Å²) >= 11 is 0. The second-order valence-corrected chi connectivity index (χ2v) is 5.54. The highest BCUT2D eigenvalue weighted by Gasteiger charge is 2.17. The SMILES string of the molecule is CC(C)C[C@H](CN)CC(=O)N(C)Cc1ccncc1. The summed E-state index contributed by atoms with van der Waals surface area (Å²) < 4.78 is 0. The van der Waals surface area contributed by atoms with Crippen LogP contribution in [0.2, 0.25) is 0 Å². The molecule has 0 saturated heterocycles. The predicted octanol–water partition coefficient (Wildman–Crippen LogP) is 2.05. The van der Waals surface area contributed by atoms with Crippen LogP contribution in [0.3, 0.4) is 0 Å². The number of rotatable bonds is 7. The van der Waals surface area contributed by atoms with E-state index in [-0.39, 0.29) is 11.8 Å². The van der Waals surface area contributed by atoms with Gasteiger partial charge in [0.25, 0.3) is 0 Å². The van der Waals surface area contributed by atoms with Gasteiger partial charge in [-0.15, -0.1) is 0 Å². The third-order valence-electron chi connectivity index (χ3n) is 3.20. The minimum absolute atomic E-state index is 0.160. The lowest BCUT2D eigenvalue weighted by Crippen LogP contribution is -2.30. The first kappa shape index (κ1) is 15.6. The summed E-state index contributed by atoms with van der Waals surface area (Å²) in [5, 5.41) is 0. The molecule has 0 fully saturated rings. The van der Waals surface area contributed by atoms with E-state index in [0.717, 1.165) is 12.0 Å². The number of nitrogens with zero attached hydrogens (tertiary/aromatic N) is 2. The third kappa shape index (κ3) is 5.83. The smallest absolute Gasteiger partial charge is 0.222 e. The number of carbonyl (C=O) groups is 1. The molecular formula is C15H25N3O. The molecule has 1 rings (SSSR count). The summed E-state index contributed by atoms with van der Waals surface area (Å²) in [7, 11) is 1.84. The molecule has 19 heavy (non-hydrogen) atoms. The van der Waals surface area contributed by atoms with Crippen molar-refractivity contribution in [3.63, 3.8) is 0 Å². The van der Waals surface area contributed by atoms with Crippen LogP contribution in [0, 0.1) is 11.8 Å². The standard InChI is InChI=1S/C15H25N3O/c1-12(2)8-14(10-16)9-15(19)18(3)11-13-4-6-17-7-5-13/h4-7,12,14H,8-11,16H2,1-3H3/t14-/m0/s1. The maximum atomic E-state index is 12.2. The lowest BCUT2D eigenvalue weighted by Gasteiger charge is -2.22. The maximum Gasteiger partial charge on any atom is 0.222 e. The Morgan fingerprint density at radius 2 is 2.00 bits per heavy atom. The van der Waals surface area contributed by atoms with Crippen molar-refractivity contribution in [3.8, 4) is 0 Å². The Morgan fingerprint density at radius 1 is 1.37 bits per heavy atom. The highest BCUT2D eigenvalue weighted by molar-refractivity contribution is 5.76. The summed E-state index contributed by atoms with van der Waals surface area (Å²) in [6, 6.07) is 3.86. The van der Waals surface area contributed by atoms with E-state index in [1.54, 1.807) is 17.3 Å². The molecule has 0 spiro atoms. The quantitative estimate of drug-likeness (QED) is 0.819. The molecule has 0 unspecified atom stereocenters. The van der Waals surface area contributed by atoms with Crippen LogP contribution in [0.5, 0.6) is 0 Å². The van der Waals surface area contributed by atoms with Gasteiger partial charge in [0.05, 0.1) is 0 Å². The van der Waals surface area contributed by atoms with Gasteiger partial charge in [0, 0.05) is 32.4 Å². The summed E-state index contributed by atoms with van der Waals surface area (Å²) in [5.74, 6) is 1.02. The second-order valence-electron chi connectivity index (χ2n) is 5.54. The molecule has 1 amide bonds. The normalized spacial score (nSPS) is 12.5. The van der Waals surface area contributed by atoms with E-state index in [2.05, 4.69) is 18.8 Å². The van der Waals surface area contributed by atoms with Crippen LogP contribution in [-0.2, 0) is 11.3 Å². The van der Waals surface area contributed by atoms with Crippen molar-refractivity contribution in [2.24, 2.45) is 17.6 Å². The molecule has 0 aromatic carbocycles. The summed E-state index contributed by atoms with van der Waals surface area (Å²) in [4.78, 5) is 17.9. The van der Waals surface area contributed by atoms with Gasteiger partial charge in [0.2, 0.25) is 5.91 Å². The fourth-order valence-electron chi connectivity index (χ4n) is 2.18. The van der Waals surface area contributed by atoms with Crippen LogP contribution < -0.4 is 5.73 Å². The Bertz CT molecular complexity index is 378. The monoisotopic (exact) mass is 263 g/mol. The van der Waals surface area contributed by atoms with E-state index in [1.165, 1.54) is 0 Å². The molecular weight excluding hydrogens is 238 g/mol. The minimum atomic E-state index is 0.160. The molecule has 1 atom stereocenters. The van der Waals surface area contributed by atoms with Crippen molar-refractivity contribution in [2.75, 3.05) is 13.6 Å². The molecule has 0 aliphatic rings. The molecule has 0 aliphatic heterocycles. The summed E-state index contributed by atoms with van der Waals surface area (Å²) in [6.45, 7) is 5.52. The van der Waals surface area contributed by atoms with Gasteiger partial charge in [0.1, 0.15) is 0 Å². The largest absolute Gasteiger partial charge is 0.341 e. The molecule has 1 heterocycles. The van der Waals surface area contributed by atoms with E-state index in [9.17, 15) is 4.79 Å². The Kier molecular flexibility index (Phi) is 6.50. The zero-order valence-electron chi connectivity index (χ0n) is 12.2. The van der Waals surface area contributed by atoms with Gasteiger partial charge in [-0.25, -0.2) is 0 Å². The van der Waals surface area contributed by atoms with Crippen LogP contribution in [0.1, 0.15) is 32.3 Å². The Hall–Kier alpha value is -1.42. The first-order valence-corrected chi connectivity index (χ1v) is 6.85. The Morgan fingerprint density at radius 3 is 2.53 bits per heavy atom. The zero-order valence-corrected chi connectivity index (χ0v) is 12.2. The number of carbonyl (C=O) groups excluding carboxylic acids is 1. The van der Waals surface area contributed by atoms with Crippen LogP contribution in [0.15, 0.2) is 24.5 Å². The van der Waals surface area contributed by atoms with Crippen LogP contribution in [-0.4, -0.2) is 29.4 Å². The van der Waals surface area contributed by atoms with Crippen molar-refractivity contribution in [2.45, 2.75) is 33.2 Å². The minimum Gasteiger partial charge on any atom is -0.341 e. The van der Waals surface area contributed by atoms with Gasteiger partial charge in [-0.1, -0.05) is 13.8 Å². The van der Waals surface area contributed by atoms with Crippen molar-refractivity contribution < 1.29 is 4.79 Å². The highest BCUT2D eigenvalue weighted by Crippen LogP contribution is 2.16. The molecule has 0 saturated carbocycles. The van der Waals surface area contributed by atoms with E-state index in [4.69, 9.17) is 5.73 Å². The number of aromatic nitrogens is 1. The van der Waals surface area contributed by atoms with Gasteiger partial charge < -0.3 is 10.6 Å². The molecule has 0 aliphatic carbocycles. The molecule has 0 bridgehead atoms. The molecule has 106 valence electrons. The van der Waals surface area contributed by atoms with Crippen molar-refractivity contribution in [1.82, 2.24) is 9.88 Å². The average Bonchev–Trinajstić information content (AvgIpc) is 2.38. The third-order valence-corrected chi connectivity index (χ3v) is 3.20. The average molecular weight is 263 g/mol. The van der Waals surface area contributed by atoms with Crippen LogP contribution in [0.25, 0.3) is 0 Å². The van der Waals surface area contributed by atoms with Crippen molar-refractivity contribution in [3.05, 3.63) is 30.1 Å². The summed E-state index contributed by atoms with van der Waals surface area (Å²) in [5.41, 5.74) is 6.84.